The first-order valence-electron chi connectivity index (χ1n) is 8.86. The maximum absolute atomic E-state index is 11.9. The van der Waals surface area contributed by atoms with Gasteiger partial charge in [0.15, 0.2) is 21.6 Å². The van der Waals surface area contributed by atoms with Crippen LogP contribution in [0.2, 0.25) is 10.3 Å². The Hall–Kier alpha value is -2.43. The molecule has 30 heavy (non-hydrogen) atoms. The molecule has 1 fully saturated rings. The van der Waals surface area contributed by atoms with E-state index in [0.717, 1.165) is 6.08 Å². The lowest BCUT2D eigenvalue weighted by atomic mass is 10.2. The van der Waals surface area contributed by atoms with Crippen LogP contribution in [-0.2, 0) is 24.2 Å². The Morgan fingerprint density at radius 3 is 2.83 bits per heavy atom. The molecular formula is C18H18Cl2N4O5S. The van der Waals surface area contributed by atoms with Gasteiger partial charge >= 0.3 is 5.97 Å². The van der Waals surface area contributed by atoms with E-state index in [2.05, 4.69) is 15.4 Å². The van der Waals surface area contributed by atoms with Gasteiger partial charge in [-0.2, -0.15) is 5.10 Å². The zero-order valence-corrected chi connectivity index (χ0v) is 18.2. The number of hydrogen-bond donors (Lipinski definition) is 1. The molecule has 1 aliphatic heterocycles. The Kier molecular flexibility index (Phi) is 6.79. The van der Waals surface area contributed by atoms with Crippen LogP contribution in [0.15, 0.2) is 24.4 Å². The van der Waals surface area contributed by atoms with Crippen molar-refractivity contribution in [1.29, 1.82) is 0 Å². The van der Waals surface area contributed by atoms with Crippen molar-refractivity contribution in [2.24, 2.45) is 0 Å². The maximum atomic E-state index is 11.9. The van der Waals surface area contributed by atoms with E-state index < -0.39 is 28.3 Å². The molecule has 9 nitrogen and oxygen atoms in total. The van der Waals surface area contributed by atoms with Crippen LogP contribution in [0.5, 0.6) is 0 Å². The lowest BCUT2D eigenvalue weighted by Crippen LogP contribution is -2.20. The van der Waals surface area contributed by atoms with Gasteiger partial charge in [-0.1, -0.05) is 23.2 Å². The van der Waals surface area contributed by atoms with Crippen LogP contribution in [0.1, 0.15) is 23.7 Å². The number of hydrogen-bond acceptors (Lipinski definition) is 7. The number of aryl methyl sites for hydroxylation is 1. The van der Waals surface area contributed by atoms with Crippen molar-refractivity contribution < 1.29 is 22.7 Å². The van der Waals surface area contributed by atoms with Gasteiger partial charge in [-0.25, -0.2) is 22.9 Å². The lowest BCUT2D eigenvalue weighted by molar-refractivity contribution is -0.142. The van der Waals surface area contributed by atoms with E-state index >= 15 is 0 Å². The summed E-state index contributed by atoms with van der Waals surface area (Å²) in [5.41, 5.74) is 1.32. The zero-order chi connectivity index (χ0) is 21.9. The highest BCUT2D eigenvalue weighted by molar-refractivity contribution is 7.91. The first-order valence-corrected chi connectivity index (χ1v) is 11.4. The number of carbonyl (C=O) groups excluding carboxylic acids is 2. The molecule has 2 aromatic heterocycles. The molecule has 1 aliphatic rings. The molecule has 1 saturated heterocycles. The summed E-state index contributed by atoms with van der Waals surface area (Å²) in [5.74, 6) is -1.25. The third kappa shape index (κ3) is 5.38. The van der Waals surface area contributed by atoms with Crippen molar-refractivity contribution in [3.8, 4) is 0 Å². The molecule has 0 radical (unpaired) electrons. The number of anilines is 1. The minimum atomic E-state index is -3.09. The first-order chi connectivity index (χ1) is 14.2. The van der Waals surface area contributed by atoms with Crippen LogP contribution < -0.4 is 5.32 Å². The molecule has 0 bridgehead atoms. The smallest absolute Gasteiger partial charge is 0.331 e. The minimum Gasteiger partial charge on any atom is -0.452 e. The number of nitrogens with zero attached hydrogens (tertiary/aromatic N) is 3. The van der Waals surface area contributed by atoms with E-state index in [1.807, 2.05) is 0 Å². The third-order valence-electron chi connectivity index (χ3n) is 4.39. The van der Waals surface area contributed by atoms with Gasteiger partial charge in [0.2, 0.25) is 0 Å². The summed E-state index contributed by atoms with van der Waals surface area (Å²) in [4.78, 5) is 27.6. The van der Waals surface area contributed by atoms with Crippen LogP contribution in [0, 0.1) is 6.92 Å². The van der Waals surface area contributed by atoms with Crippen molar-refractivity contribution in [2.75, 3.05) is 23.4 Å². The van der Waals surface area contributed by atoms with E-state index in [1.165, 1.54) is 17.0 Å². The monoisotopic (exact) mass is 472 g/mol. The largest absolute Gasteiger partial charge is 0.452 e. The third-order valence-corrected chi connectivity index (χ3v) is 6.82. The molecule has 3 heterocycles. The molecule has 0 saturated carbocycles. The van der Waals surface area contributed by atoms with Crippen molar-refractivity contribution in [3.05, 3.63) is 46.0 Å². The fourth-order valence-corrected chi connectivity index (χ4v) is 5.17. The van der Waals surface area contributed by atoms with Crippen LogP contribution in [0.3, 0.4) is 0 Å². The molecule has 0 aliphatic carbocycles. The van der Waals surface area contributed by atoms with E-state index in [9.17, 15) is 18.0 Å². The summed E-state index contributed by atoms with van der Waals surface area (Å²) < 4.78 is 29.8. The number of pyridine rings is 1. The molecule has 0 spiro atoms. The number of rotatable bonds is 6. The fourth-order valence-electron chi connectivity index (χ4n) is 2.93. The molecular weight excluding hydrogens is 455 g/mol. The fraction of sp³-hybridized carbons (Fsp3) is 0.333. The molecule has 12 heteroatoms. The molecule has 1 unspecified atom stereocenters. The summed E-state index contributed by atoms with van der Waals surface area (Å²) in [6.07, 6.45) is 4.45. The van der Waals surface area contributed by atoms with Crippen LogP contribution in [0.4, 0.5) is 5.69 Å². The van der Waals surface area contributed by atoms with Crippen LogP contribution in [-0.4, -0.2) is 53.2 Å². The molecule has 1 amide bonds. The zero-order valence-electron chi connectivity index (χ0n) is 15.8. The molecule has 1 atom stereocenters. The number of nitrogens with one attached hydrogen (secondary N) is 1. The van der Waals surface area contributed by atoms with Crippen LogP contribution >= 0.6 is 23.2 Å². The Morgan fingerprint density at radius 1 is 1.40 bits per heavy atom. The number of ether oxygens (including phenoxy) is 1. The molecule has 160 valence electrons. The quantitative estimate of drug-likeness (QED) is 0.389. The van der Waals surface area contributed by atoms with Crippen LogP contribution in [0.25, 0.3) is 6.08 Å². The second-order valence-electron chi connectivity index (χ2n) is 6.62. The Labute approximate surface area is 182 Å². The topological polar surface area (TPSA) is 120 Å². The maximum Gasteiger partial charge on any atom is 0.331 e. The average molecular weight is 473 g/mol. The van der Waals surface area contributed by atoms with Gasteiger partial charge in [0.05, 0.1) is 28.9 Å². The van der Waals surface area contributed by atoms with Crippen molar-refractivity contribution in [3.63, 3.8) is 0 Å². The summed E-state index contributed by atoms with van der Waals surface area (Å²) in [5, 5.41) is 7.14. The minimum absolute atomic E-state index is 0.0188. The lowest BCUT2D eigenvalue weighted by Gasteiger charge is -2.09. The average Bonchev–Trinajstić information content (AvgIpc) is 3.18. The van der Waals surface area contributed by atoms with E-state index in [4.69, 9.17) is 27.9 Å². The molecule has 1 N–H and O–H groups in total. The Morgan fingerprint density at radius 2 is 2.17 bits per heavy atom. The van der Waals surface area contributed by atoms with E-state index in [-0.39, 0.29) is 27.9 Å². The van der Waals surface area contributed by atoms with Gasteiger partial charge in [-0.3, -0.25) is 4.79 Å². The normalized spacial score (nSPS) is 17.9. The summed E-state index contributed by atoms with van der Waals surface area (Å²) in [6, 6.07) is 2.83. The Balaban J connectivity index is 1.58. The van der Waals surface area contributed by atoms with Gasteiger partial charge in [-0.05, 0) is 31.6 Å². The molecule has 0 aromatic carbocycles. The highest BCUT2D eigenvalue weighted by Crippen LogP contribution is 2.30. The van der Waals surface area contributed by atoms with E-state index in [1.54, 1.807) is 19.1 Å². The number of esters is 1. The number of halogens is 2. The Bertz CT molecular complexity index is 1110. The number of carbonyl (C=O) groups is 2. The summed E-state index contributed by atoms with van der Waals surface area (Å²) in [6.45, 7) is 1.18. The van der Waals surface area contributed by atoms with E-state index in [0.29, 0.717) is 23.4 Å². The van der Waals surface area contributed by atoms with Gasteiger partial charge in [0.25, 0.3) is 5.91 Å². The van der Waals surface area contributed by atoms with Gasteiger partial charge < -0.3 is 10.1 Å². The SMILES string of the molecule is Cc1nn(C2CCS(=O)(=O)C2)c(Cl)c1C=CC(=O)OCC(=O)Nc1cccnc1Cl. The second kappa shape index (κ2) is 9.15. The van der Waals surface area contributed by atoms with Gasteiger partial charge in [0.1, 0.15) is 5.15 Å². The first kappa shape index (κ1) is 22.3. The highest BCUT2D eigenvalue weighted by atomic mass is 35.5. The predicted molar refractivity (Wildman–Crippen MR) is 112 cm³/mol. The number of amides is 1. The van der Waals surface area contributed by atoms with Crippen molar-refractivity contribution in [2.45, 2.75) is 19.4 Å². The van der Waals surface area contributed by atoms with Gasteiger partial charge in [0, 0.05) is 17.8 Å². The summed E-state index contributed by atoms with van der Waals surface area (Å²) >= 11 is 12.2. The summed E-state index contributed by atoms with van der Waals surface area (Å²) in [7, 11) is -3.09. The highest BCUT2D eigenvalue weighted by Gasteiger charge is 2.31. The van der Waals surface area contributed by atoms with Crippen molar-refractivity contribution in [1.82, 2.24) is 14.8 Å². The molecule has 2 aromatic rings. The number of sulfone groups is 1. The van der Waals surface area contributed by atoms with Gasteiger partial charge in [-0.15, -0.1) is 0 Å². The molecule has 3 rings (SSSR count). The predicted octanol–water partition coefficient (Wildman–Crippen LogP) is 2.45. The number of aromatic nitrogens is 3. The van der Waals surface area contributed by atoms with Crippen molar-refractivity contribution >= 4 is 56.7 Å². The second-order valence-corrected chi connectivity index (χ2v) is 9.57. The standard InChI is InChI=1S/C18H18Cl2N4O5S/c1-11-13(18(20)24(23-11)12-6-8-30(27,28)10-12)4-5-16(26)29-9-15(25)22-14-3-2-7-21-17(14)19/h2-5,7,12H,6,8-10H2,1H3,(H,22,25).